The number of benzene rings is 1. The zero-order valence-electron chi connectivity index (χ0n) is 8.59. The van der Waals surface area contributed by atoms with Gasteiger partial charge in [0.05, 0.1) is 13.0 Å². The molecule has 15 heavy (non-hydrogen) atoms. The van der Waals surface area contributed by atoms with Crippen molar-refractivity contribution in [3.8, 4) is 0 Å². The van der Waals surface area contributed by atoms with Crippen LogP contribution < -0.4 is 5.41 Å². The van der Waals surface area contributed by atoms with E-state index in [4.69, 9.17) is 10.1 Å². The van der Waals surface area contributed by atoms with E-state index in [0.29, 0.717) is 18.9 Å². The number of hydrogen-bond acceptors (Lipinski definition) is 1. The standard InChI is InChI=1S/C11H13F2NO/c1-2-15-11(14)7-6-8-9(12)4-3-5-10(8)13/h3-5,14H,2,6-7H2,1H3/p+1. The van der Waals surface area contributed by atoms with Crippen LogP contribution in [0.25, 0.3) is 0 Å². The van der Waals surface area contributed by atoms with Crippen molar-refractivity contribution in [3.05, 3.63) is 35.4 Å². The third-order valence-corrected chi connectivity index (χ3v) is 2.01. The molecular formula is C11H14F2NO+. The Morgan fingerprint density at radius 2 is 1.93 bits per heavy atom. The zero-order chi connectivity index (χ0) is 11.3. The summed E-state index contributed by atoms with van der Waals surface area (Å²) in [5.41, 5.74) is 0.0557. The maximum absolute atomic E-state index is 13.2. The minimum absolute atomic E-state index is 0.0557. The molecule has 0 bridgehead atoms. The van der Waals surface area contributed by atoms with Crippen molar-refractivity contribution in [1.82, 2.24) is 0 Å². The first-order valence-corrected chi connectivity index (χ1v) is 4.82. The average molecular weight is 214 g/mol. The van der Waals surface area contributed by atoms with Gasteiger partial charge in [-0.2, -0.15) is 0 Å². The highest BCUT2D eigenvalue weighted by molar-refractivity contribution is 5.69. The summed E-state index contributed by atoms with van der Waals surface area (Å²) in [4.78, 5) is 0. The molecule has 1 rings (SSSR count). The molecule has 0 radical (unpaired) electrons. The van der Waals surface area contributed by atoms with Crippen LogP contribution in [0.1, 0.15) is 18.9 Å². The van der Waals surface area contributed by atoms with Gasteiger partial charge in [0.2, 0.25) is 0 Å². The van der Waals surface area contributed by atoms with Crippen LogP contribution >= 0.6 is 0 Å². The van der Waals surface area contributed by atoms with Crippen LogP contribution in [0.5, 0.6) is 0 Å². The normalized spacial score (nSPS) is 10.1. The molecule has 0 fully saturated rings. The fourth-order valence-electron chi connectivity index (χ4n) is 1.28. The Morgan fingerprint density at radius 1 is 1.33 bits per heavy atom. The monoisotopic (exact) mass is 214 g/mol. The predicted octanol–water partition coefficient (Wildman–Crippen LogP) is 1.09. The Kier molecular flexibility index (Phi) is 4.21. The quantitative estimate of drug-likeness (QED) is 0.591. The smallest absolute Gasteiger partial charge is 0.333 e. The predicted molar refractivity (Wildman–Crippen MR) is 53.2 cm³/mol. The van der Waals surface area contributed by atoms with Gasteiger partial charge in [-0.3, -0.25) is 0 Å². The summed E-state index contributed by atoms with van der Waals surface area (Å²) in [7, 11) is 0. The lowest BCUT2D eigenvalue weighted by Crippen LogP contribution is -2.41. The second-order valence-electron chi connectivity index (χ2n) is 3.10. The van der Waals surface area contributed by atoms with Crippen LogP contribution in [0.3, 0.4) is 0 Å². The van der Waals surface area contributed by atoms with Crippen LogP contribution in [0, 0.1) is 11.6 Å². The number of halogens is 2. The van der Waals surface area contributed by atoms with E-state index in [1.165, 1.54) is 18.2 Å². The van der Waals surface area contributed by atoms with Crippen molar-refractivity contribution < 1.29 is 18.9 Å². The van der Waals surface area contributed by atoms with Gasteiger partial charge >= 0.3 is 5.90 Å². The summed E-state index contributed by atoms with van der Waals surface area (Å²) in [6, 6.07) is 3.80. The molecule has 2 nitrogen and oxygen atoms in total. The van der Waals surface area contributed by atoms with Crippen LogP contribution in [0.15, 0.2) is 18.2 Å². The summed E-state index contributed by atoms with van der Waals surface area (Å²) in [5, 5.41) is 5.48. The molecule has 0 saturated carbocycles. The molecular weight excluding hydrogens is 200 g/mol. The maximum atomic E-state index is 13.2. The molecule has 0 aliphatic heterocycles. The molecule has 0 saturated heterocycles. The molecule has 0 spiro atoms. The summed E-state index contributed by atoms with van der Waals surface area (Å²) < 4.78 is 31.3. The summed E-state index contributed by atoms with van der Waals surface area (Å²) in [6.07, 6.45) is 0.538. The van der Waals surface area contributed by atoms with E-state index in [1.54, 1.807) is 6.92 Å². The molecule has 82 valence electrons. The lowest BCUT2D eigenvalue weighted by atomic mass is 10.1. The van der Waals surface area contributed by atoms with Gasteiger partial charge in [-0.25, -0.2) is 14.2 Å². The van der Waals surface area contributed by atoms with Crippen LogP contribution in [-0.4, -0.2) is 12.5 Å². The van der Waals surface area contributed by atoms with Crippen LogP contribution in [0.4, 0.5) is 8.78 Å². The Morgan fingerprint density at radius 3 is 2.47 bits per heavy atom. The van der Waals surface area contributed by atoms with E-state index >= 15 is 0 Å². The highest BCUT2D eigenvalue weighted by atomic mass is 19.1. The first kappa shape index (κ1) is 11.6. The van der Waals surface area contributed by atoms with Crippen LogP contribution in [0.2, 0.25) is 0 Å². The second-order valence-corrected chi connectivity index (χ2v) is 3.10. The van der Waals surface area contributed by atoms with Gasteiger partial charge in [0, 0.05) is 5.56 Å². The maximum Gasteiger partial charge on any atom is 0.333 e. The van der Waals surface area contributed by atoms with Crippen molar-refractivity contribution in [3.63, 3.8) is 0 Å². The molecule has 0 aliphatic carbocycles. The van der Waals surface area contributed by atoms with Gasteiger partial charge in [0.15, 0.2) is 0 Å². The topological polar surface area (TPSA) is 34.8 Å². The van der Waals surface area contributed by atoms with Crippen molar-refractivity contribution >= 4 is 5.90 Å². The van der Waals surface area contributed by atoms with E-state index in [9.17, 15) is 8.78 Å². The molecule has 0 heterocycles. The third kappa shape index (κ3) is 3.31. The molecule has 1 aromatic carbocycles. The van der Waals surface area contributed by atoms with E-state index in [-0.39, 0.29) is 12.0 Å². The van der Waals surface area contributed by atoms with Crippen molar-refractivity contribution in [1.29, 1.82) is 0 Å². The van der Waals surface area contributed by atoms with Crippen molar-refractivity contribution in [2.75, 3.05) is 6.61 Å². The molecule has 0 unspecified atom stereocenters. The highest BCUT2D eigenvalue weighted by Crippen LogP contribution is 2.13. The van der Waals surface area contributed by atoms with E-state index in [0.717, 1.165) is 0 Å². The molecule has 4 heteroatoms. The molecule has 0 amide bonds. The summed E-state index contributed by atoms with van der Waals surface area (Å²) in [5.74, 6) is -0.779. The lowest BCUT2D eigenvalue weighted by molar-refractivity contribution is -0.143. The van der Waals surface area contributed by atoms with Gasteiger partial charge in [-0.05, 0) is 25.5 Å². The number of ether oxygens (including phenoxy) is 1. The minimum Gasteiger partial charge on any atom is -0.448 e. The Hall–Kier alpha value is -1.45. The van der Waals surface area contributed by atoms with Crippen molar-refractivity contribution in [2.45, 2.75) is 19.8 Å². The van der Waals surface area contributed by atoms with Gasteiger partial charge in [0.1, 0.15) is 11.6 Å². The lowest BCUT2D eigenvalue weighted by Gasteiger charge is -2.03. The average Bonchev–Trinajstić information content (AvgIpc) is 2.17. The largest absolute Gasteiger partial charge is 0.448 e. The summed E-state index contributed by atoms with van der Waals surface area (Å²) in [6.45, 7) is 2.27. The number of hydrogen-bond donors (Lipinski definition) is 1. The molecule has 0 aliphatic rings. The second kappa shape index (κ2) is 5.44. The molecule has 2 N–H and O–H groups in total. The number of rotatable bonds is 4. The van der Waals surface area contributed by atoms with Crippen LogP contribution in [-0.2, 0) is 11.2 Å². The first-order valence-electron chi connectivity index (χ1n) is 4.82. The van der Waals surface area contributed by atoms with Gasteiger partial charge in [-0.15, -0.1) is 0 Å². The van der Waals surface area contributed by atoms with Gasteiger partial charge in [0.25, 0.3) is 0 Å². The Labute approximate surface area is 87.4 Å². The summed E-state index contributed by atoms with van der Waals surface area (Å²) >= 11 is 0. The number of nitrogens with two attached hydrogens (primary N) is 1. The third-order valence-electron chi connectivity index (χ3n) is 2.01. The van der Waals surface area contributed by atoms with Gasteiger partial charge < -0.3 is 4.74 Å². The molecule has 0 aromatic heterocycles. The SMILES string of the molecule is CCOC(=[NH2+])CCc1c(F)cccc1F. The fraction of sp³-hybridized carbons (Fsp3) is 0.364. The van der Waals surface area contributed by atoms with E-state index < -0.39 is 11.6 Å². The Bertz CT molecular complexity index is 332. The van der Waals surface area contributed by atoms with E-state index in [1.807, 2.05) is 0 Å². The highest BCUT2D eigenvalue weighted by Gasteiger charge is 2.11. The van der Waals surface area contributed by atoms with Crippen molar-refractivity contribution in [2.24, 2.45) is 0 Å². The van der Waals surface area contributed by atoms with Gasteiger partial charge in [-0.1, -0.05) is 6.07 Å². The fourth-order valence-corrected chi connectivity index (χ4v) is 1.28. The minimum atomic E-state index is -0.542. The van der Waals surface area contributed by atoms with E-state index in [2.05, 4.69) is 0 Å². The first-order chi connectivity index (χ1) is 7.15. The zero-order valence-corrected chi connectivity index (χ0v) is 8.59. The Balaban J connectivity index is 2.61. The molecule has 0 atom stereocenters. The molecule has 1 aromatic rings.